The molecule has 2 unspecified atom stereocenters. The number of hydrogen-bond acceptors (Lipinski definition) is 3. The van der Waals surface area contributed by atoms with Crippen molar-refractivity contribution in [2.75, 3.05) is 0 Å². The van der Waals surface area contributed by atoms with Crippen molar-refractivity contribution in [3.8, 4) is 5.75 Å². The third kappa shape index (κ3) is 3.55. The maximum Gasteiger partial charge on any atom is 0.139 e. The number of pyridine rings is 1. The first-order chi connectivity index (χ1) is 9.61. The molecule has 106 valence electrons. The van der Waals surface area contributed by atoms with Gasteiger partial charge >= 0.3 is 0 Å². The molecule has 20 heavy (non-hydrogen) atoms. The molecule has 0 saturated heterocycles. The lowest BCUT2D eigenvalue weighted by Gasteiger charge is -2.24. The van der Waals surface area contributed by atoms with Gasteiger partial charge in [0.15, 0.2) is 0 Å². The van der Waals surface area contributed by atoms with Crippen LogP contribution in [0.5, 0.6) is 5.75 Å². The number of benzene rings is 1. The largest absolute Gasteiger partial charge is 0.484 e. The van der Waals surface area contributed by atoms with E-state index in [0.29, 0.717) is 10.2 Å². The Bertz CT molecular complexity index is 565. The van der Waals surface area contributed by atoms with Gasteiger partial charge in [0.2, 0.25) is 0 Å². The highest BCUT2D eigenvalue weighted by Gasteiger charge is 2.20. The average Bonchev–Trinajstić information content (AvgIpc) is 2.48. The molecular weight excluding hydrogens is 323 g/mol. The van der Waals surface area contributed by atoms with E-state index in [9.17, 15) is 4.39 Å². The van der Waals surface area contributed by atoms with Gasteiger partial charge in [-0.3, -0.25) is 4.98 Å². The minimum absolute atomic E-state index is 0.152. The Labute approximate surface area is 126 Å². The molecule has 1 heterocycles. The Morgan fingerprint density at radius 1 is 1.30 bits per heavy atom. The number of hydrogen-bond donors (Lipinski definition) is 1. The Morgan fingerprint density at radius 3 is 2.60 bits per heavy atom. The molecule has 2 N–H and O–H groups in total. The average molecular weight is 339 g/mol. The third-order valence-electron chi connectivity index (χ3n) is 3.05. The number of rotatable bonds is 5. The van der Waals surface area contributed by atoms with Gasteiger partial charge in [0, 0.05) is 18.4 Å². The van der Waals surface area contributed by atoms with Crippen LogP contribution in [0.15, 0.2) is 47.2 Å². The standard InChI is InChI=1S/C15H16BrFN2O/c1-2-14(18)15(10-5-7-19-8-6-10)20-11-3-4-13(17)12(16)9-11/h3-9,14-15H,2,18H2,1H3. The summed E-state index contributed by atoms with van der Waals surface area (Å²) in [4.78, 5) is 3.99. The molecule has 0 bridgehead atoms. The van der Waals surface area contributed by atoms with Crippen molar-refractivity contribution in [3.63, 3.8) is 0 Å². The molecule has 1 aromatic heterocycles. The smallest absolute Gasteiger partial charge is 0.139 e. The summed E-state index contributed by atoms with van der Waals surface area (Å²) in [6.45, 7) is 2.00. The molecule has 0 radical (unpaired) electrons. The summed E-state index contributed by atoms with van der Waals surface area (Å²) in [7, 11) is 0. The summed E-state index contributed by atoms with van der Waals surface area (Å²) >= 11 is 3.15. The van der Waals surface area contributed by atoms with Gasteiger partial charge in [-0.15, -0.1) is 0 Å². The van der Waals surface area contributed by atoms with Crippen molar-refractivity contribution in [1.82, 2.24) is 4.98 Å². The molecule has 0 fully saturated rings. The molecule has 0 aliphatic heterocycles. The van der Waals surface area contributed by atoms with Gasteiger partial charge < -0.3 is 10.5 Å². The second-order valence-electron chi connectivity index (χ2n) is 4.47. The zero-order valence-electron chi connectivity index (χ0n) is 11.1. The van der Waals surface area contributed by atoms with Crippen molar-refractivity contribution in [3.05, 3.63) is 58.6 Å². The van der Waals surface area contributed by atoms with Crippen molar-refractivity contribution in [2.45, 2.75) is 25.5 Å². The van der Waals surface area contributed by atoms with Crippen molar-refractivity contribution >= 4 is 15.9 Å². The van der Waals surface area contributed by atoms with Crippen LogP contribution in [0.25, 0.3) is 0 Å². The van der Waals surface area contributed by atoms with Crippen LogP contribution in [0.2, 0.25) is 0 Å². The van der Waals surface area contributed by atoms with E-state index in [2.05, 4.69) is 20.9 Å². The number of nitrogens with zero attached hydrogens (tertiary/aromatic N) is 1. The maximum absolute atomic E-state index is 13.2. The highest BCUT2D eigenvalue weighted by molar-refractivity contribution is 9.10. The molecule has 0 spiro atoms. The van der Waals surface area contributed by atoms with Crippen molar-refractivity contribution in [1.29, 1.82) is 0 Å². The maximum atomic E-state index is 13.2. The Kier molecular flexibility index (Phi) is 5.09. The summed E-state index contributed by atoms with van der Waals surface area (Å²) in [6.07, 6.45) is 3.89. The van der Waals surface area contributed by atoms with Crippen LogP contribution in [0.4, 0.5) is 4.39 Å². The zero-order valence-corrected chi connectivity index (χ0v) is 12.7. The Hall–Kier alpha value is -1.46. The minimum Gasteiger partial charge on any atom is -0.484 e. The molecule has 2 atom stereocenters. The minimum atomic E-state index is -0.322. The van der Waals surface area contributed by atoms with Crippen molar-refractivity contribution < 1.29 is 9.13 Å². The van der Waals surface area contributed by atoms with E-state index >= 15 is 0 Å². The van der Waals surface area contributed by atoms with E-state index in [4.69, 9.17) is 10.5 Å². The molecule has 3 nitrogen and oxygen atoms in total. The molecule has 2 rings (SSSR count). The van der Waals surface area contributed by atoms with E-state index in [0.717, 1.165) is 12.0 Å². The molecule has 0 amide bonds. The normalized spacial score (nSPS) is 13.8. The summed E-state index contributed by atoms with van der Waals surface area (Å²) in [6, 6.07) is 8.15. The van der Waals surface area contributed by atoms with Crippen LogP contribution < -0.4 is 10.5 Å². The lowest BCUT2D eigenvalue weighted by molar-refractivity contribution is 0.170. The van der Waals surface area contributed by atoms with Gasteiger partial charge in [-0.25, -0.2) is 4.39 Å². The number of halogens is 2. The van der Waals surface area contributed by atoms with Gasteiger partial charge in [-0.1, -0.05) is 6.92 Å². The number of aromatic nitrogens is 1. The molecule has 1 aromatic carbocycles. The molecule has 5 heteroatoms. The lowest BCUT2D eigenvalue weighted by atomic mass is 10.0. The first-order valence-corrected chi connectivity index (χ1v) is 7.18. The second kappa shape index (κ2) is 6.81. The van der Waals surface area contributed by atoms with E-state index in [-0.39, 0.29) is 18.0 Å². The van der Waals surface area contributed by atoms with Gasteiger partial charge in [0.1, 0.15) is 17.7 Å². The Balaban J connectivity index is 2.26. The van der Waals surface area contributed by atoms with Crippen molar-refractivity contribution in [2.24, 2.45) is 5.73 Å². The van der Waals surface area contributed by atoms with Gasteiger partial charge in [0.05, 0.1) is 4.47 Å². The van der Waals surface area contributed by atoms with Gasteiger partial charge in [0.25, 0.3) is 0 Å². The molecule has 0 saturated carbocycles. The summed E-state index contributed by atoms with van der Waals surface area (Å²) in [5.41, 5.74) is 7.09. The van der Waals surface area contributed by atoms with Gasteiger partial charge in [-0.2, -0.15) is 0 Å². The van der Waals surface area contributed by atoms with Crippen LogP contribution in [0.3, 0.4) is 0 Å². The number of ether oxygens (including phenoxy) is 1. The summed E-state index contributed by atoms with van der Waals surface area (Å²) in [5.74, 6) is 0.251. The second-order valence-corrected chi connectivity index (χ2v) is 5.32. The fourth-order valence-corrected chi connectivity index (χ4v) is 2.22. The molecule has 2 aromatic rings. The monoisotopic (exact) mass is 338 g/mol. The molecule has 0 aliphatic carbocycles. The predicted molar refractivity (Wildman–Crippen MR) is 80.0 cm³/mol. The lowest BCUT2D eigenvalue weighted by Crippen LogP contribution is -2.31. The van der Waals surface area contributed by atoms with E-state index < -0.39 is 0 Å². The fourth-order valence-electron chi connectivity index (χ4n) is 1.87. The van der Waals surface area contributed by atoms with Crippen LogP contribution in [0, 0.1) is 5.82 Å². The summed E-state index contributed by atoms with van der Waals surface area (Å²) in [5, 5.41) is 0. The highest BCUT2D eigenvalue weighted by atomic mass is 79.9. The third-order valence-corrected chi connectivity index (χ3v) is 3.66. The van der Waals surface area contributed by atoms with Crippen LogP contribution in [-0.2, 0) is 0 Å². The zero-order chi connectivity index (χ0) is 14.5. The van der Waals surface area contributed by atoms with E-state index in [1.807, 2.05) is 19.1 Å². The topological polar surface area (TPSA) is 48.1 Å². The van der Waals surface area contributed by atoms with Crippen LogP contribution in [-0.4, -0.2) is 11.0 Å². The molecule has 0 aliphatic rings. The first kappa shape index (κ1) is 14.9. The number of nitrogens with two attached hydrogens (primary N) is 1. The Morgan fingerprint density at radius 2 is 2.00 bits per heavy atom. The summed E-state index contributed by atoms with van der Waals surface area (Å²) < 4.78 is 19.6. The highest BCUT2D eigenvalue weighted by Crippen LogP contribution is 2.28. The van der Waals surface area contributed by atoms with Crippen LogP contribution >= 0.6 is 15.9 Å². The molecular formula is C15H16BrFN2O. The van der Waals surface area contributed by atoms with Gasteiger partial charge in [-0.05, 0) is 58.2 Å². The van der Waals surface area contributed by atoms with E-state index in [1.54, 1.807) is 24.5 Å². The first-order valence-electron chi connectivity index (χ1n) is 6.39. The SMILES string of the molecule is CCC(N)C(Oc1ccc(F)c(Br)c1)c1ccncc1. The fraction of sp³-hybridized carbons (Fsp3) is 0.267. The van der Waals surface area contributed by atoms with Crippen LogP contribution in [0.1, 0.15) is 25.0 Å². The predicted octanol–water partition coefficient (Wildman–Crippen LogP) is 3.84. The van der Waals surface area contributed by atoms with E-state index in [1.165, 1.54) is 6.07 Å². The quantitative estimate of drug-likeness (QED) is 0.900.